The van der Waals surface area contributed by atoms with Crippen LogP contribution in [0.15, 0.2) is 52.9 Å². The molecule has 6 heteroatoms. The predicted octanol–water partition coefficient (Wildman–Crippen LogP) is 2.25. The van der Waals surface area contributed by atoms with Gasteiger partial charge in [-0.15, -0.1) is 11.3 Å². The second kappa shape index (κ2) is 5.49. The summed E-state index contributed by atoms with van der Waals surface area (Å²) in [4.78, 5) is 29.2. The fourth-order valence-corrected chi connectivity index (χ4v) is 2.76. The molecular formula is C15H13N3O2S. The molecule has 0 fully saturated rings. The van der Waals surface area contributed by atoms with E-state index in [1.165, 1.54) is 21.9 Å². The van der Waals surface area contributed by atoms with E-state index in [1.54, 1.807) is 11.6 Å². The first-order valence-corrected chi connectivity index (χ1v) is 7.35. The highest BCUT2D eigenvalue weighted by Crippen LogP contribution is 2.12. The van der Waals surface area contributed by atoms with Crippen LogP contribution in [0.1, 0.15) is 28.9 Å². The molecule has 1 atom stereocenters. The van der Waals surface area contributed by atoms with Gasteiger partial charge in [0.05, 0.1) is 6.04 Å². The van der Waals surface area contributed by atoms with Crippen molar-refractivity contribution in [3.05, 3.63) is 69.6 Å². The zero-order chi connectivity index (χ0) is 14.8. The van der Waals surface area contributed by atoms with Gasteiger partial charge in [-0.25, -0.2) is 4.98 Å². The molecule has 0 saturated carbocycles. The first kappa shape index (κ1) is 13.5. The van der Waals surface area contributed by atoms with E-state index in [2.05, 4.69) is 10.3 Å². The van der Waals surface area contributed by atoms with Crippen LogP contribution in [0.5, 0.6) is 0 Å². The molecule has 2 aromatic heterocycles. The third-order valence-electron chi connectivity index (χ3n) is 3.23. The van der Waals surface area contributed by atoms with Crippen LogP contribution in [0, 0.1) is 0 Å². The van der Waals surface area contributed by atoms with Crippen molar-refractivity contribution in [2.45, 2.75) is 13.0 Å². The zero-order valence-electron chi connectivity index (χ0n) is 11.3. The highest BCUT2D eigenvalue weighted by molar-refractivity contribution is 7.15. The molecule has 0 radical (unpaired) electrons. The van der Waals surface area contributed by atoms with E-state index >= 15 is 0 Å². The van der Waals surface area contributed by atoms with Crippen LogP contribution in [0.25, 0.3) is 4.96 Å². The largest absolute Gasteiger partial charge is 0.345 e. The molecule has 0 aliphatic heterocycles. The number of hydrogen-bond acceptors (Lipinski definition) is 4. The second-order valence-corrected chi connectivity index (χ2v) is 5.51. The Morgan fingerprint density at radius 3 is 2.86 bits per heavy atom. The van der Waals surface area contributed by atoms with Crippen LogP contribution >= 0.6 is 11.3 Å². The van der Waals surface area contributed by atoms with Gasteiger partial charge in [-0.1, -0.05) is 30.3 Å². The number of nitrogens with one attached hydrogen (secondary N) is 1. The highest BCUT2D eigenvalue weighted by atomic mass is 32.1. The van der Waals surface area contributed by atoms with Crippen LogP contribution < -0.4 is 10.9 Å². The second-order valence-electron chi connectivity index (χ2n) is 4.64. The maximum absolute atomic E-state index is 12.3. The molecule has 1 amide bonds. The minimum atomic E-state index is -0.413. The van der Waals surface area contributed by atoms with Gasteiger partial charge in [0.25, 0.3) is 11.5 Å². The van der Waals surface area contributed by atoms with E-state index in [1.807, 2.05) is 37.3 Å². The first-order valence-electron chi connectivity index (χ1n) is 6.47. The number of aromatic nitrogens is 2. The van der Waals surface area contributed by atoms with Gasteiger partial charge in [0.2, 0.25) is 0 Å². The standard InChI is InChI=1S/C15H13N3O2S/c1-10(11-5-3-2-4-6-11)17-13(19)12-9-16-15-18(14(12)20)7-8-21-15/h2-10H,1H3,(H,17,19). The molecule has 2 heterocycles. The third-order valence-corrected chi connectivity index (χ3v) is 4.01. The molecule has 0 bridgehead atoms. The maximum Gasteiger partial charge on any atom is 0.271 e. The summed E-state index contributed by atoms with van der Waals surface area (Å²) in [5.74, 6) is -0.413. The van der Waals surface area contributed by atoms with Gasteiger partial charge in [0, 0.05) is 17.8 Å². The molecule has 106 valence electrons. The monoisotopic (exact) mass is 299 g/mol. The molecule has 3 aromatic rings. The van der Waals surface area contributed by atoms with Crippen LogP contribution in [-0.2, 0) is 0 Å². The lowest BCUT2D eigenvalue weighted by Gasteiger charge is -2.13. The number of rotatable bonds is 3. The molecule has 0 aliphatic carbocycles. The van der Waals surface area contributed by atoms with Crippen molar-refractivity contribution in [3.63, 3.8) is 0 Å². The van der Waals surface area contributed by atoms with Crippen molar-refractivity contribution >= 4 is 22.2 Å². The Morgan fingerprint density at radius 2 is 2.10 bits per heavy atom. The van der Waals surface area contributed by atoms with Crippen LogP contribution in [0.3, 0.4) is 0 Å². The van der Waals surface area contributed by atoms with E-state index < -0.39 is 5.91 Å². The van der Waals surface area contributed by atoms with E-state index in [0.717, 1.165) is 5.56 Å². The summed E-state index contributed by atoms with van der Waals surface area (Å²) in [6.07, 6.45) is 2.95. The molecular weight excluding hydrogens is 286 g/mol. The van der Waals surface area contributed by atoms with E-state index in [0.29, 0.717) is 4.96 Å². The van der Waals surface area contributed by atoms with Crippen molar-refractivity contribution in [1.29, 1.82) is 0 Å². The average Bonchev–Trinajstić information content (AvgIpc) is 2.98. The van der Waals surface area contributed by atoms with Gasteiger partial charge in [-0.3, -0.25) is 14.0 Å². The van der Waals surface area contributed by atoms with E-state index in [9.17, 15) is 9.59 Å². The molecule has 3 rings (SSSR count). The number of benzene rings is 1. The highest BCUT2D eigenvalue weighted by Gasteiger charge is 2.16. The van der Waals surface area contributed by atoms with Gasteiger partial charge in [0.15, 0.2) is 4.96 Å². The smallest absolute Gasteiger partial charge is 0.271 e. The van der Waals surface area contributed by atoms with Gasteiger partial charge < -0.3 is 5.32 Å². The number of nitrogens with zero attached hydrogens (tertiary/aromatic N) is 2. The Bertz CT molecular complexity index is 839. The molecule has 21 heavy (non-hydrogen) atoms. The van der Waals surface area contributed by atoms with Crippen molar-refractivity contribution in [2.75, 3.05) is 0 Å². The lowest BCUT2D eigenvalue weighted by atomic mass is 10.1. The molecule has 0 spiro atoms. The summed E-state index contributed by atoms with van der Waals surface area (Å²) >= 11 is 1.35. The van der Waals surface area contributed by atoms with Crippen molar-refractivity contribution in [3.8, 4) is 0 Å². The van der Waals surface area contributed by atoms with Gasteiger partial charge in [-0.05, 0) is 12.5 Å². The Hall–Kier alpha value is -2.47. The summed E-state index contributed by atoms with van der Waals surface area (Å²) in [6, 6.07) is 9.41. The molecule has 0 aliphatic rings. The SMILES string of the molecule is CC(NC(=O)c1cnc2sccn2c1=O)c1ccccc1. The van der Waals surface area contributed by atoms with E-state index in [4.69, 9.17) is 0 Å². The minimum absolute atomic E-state index is 0.0497. The Labute approximate surface area is 124 Å². The number of fused-ring (bicyclic) bond motifs is 1. The fourth-order valence-electron chi connectivity index (χ4n) is 2.08. The maximum atomic E-state index is 12.3. The number of amides is 1. The molecule has 5 nitrogen and oxygen atoms in total. The Kier molecular flexibility index (Phi) is 3.53. The topological polar surface area (TPSA) is 63.5 Å². The lowest BCUT2D eigenvalue weighted by Crippen LogP contribution is -2.32. The first-order chi connectivity index (χ1) is 10.2. The van der Waals surface area contributed by atoms with Crippen molar-refractivity contribution in [1.82, 2.24) is 14.7 Å². The Morgan fingerprint density at radius 1 is 1.33 bits per heavy atom. The normalized spacial score (nSPS) is 12.2. The minimum Gasteiger partial charge on any atom is -0.345 e. The van der Waals surface area contributed by atoms with Gasteiger partial charge >= 0.3 is 0 Å². The quantitative estimate of drug-likeness (QED) is 0.807. The zero-order valence-corrected chi connectivity index (χ0v) is 12.1. The number of thiazole rings is 1. The molecule has 1 N–H and O–H groups in total. The Balaban J connectivity index is 1.87. The van der Waals surface area contributed by atoms with Crippen LogP contribution in [-0.4, -0.2) is 15.3 Å². The summed E-state index contributed by atoms with van der Waals surface area (Å²) in [7, 11) is 0. The summed E-state index contributed by atoms with van der Waals surface area (Å²) in [6.45, 7) is 1.88. The van der Waals surface area contributed by atoms with Gasteiger partial charge in [-0.2, -0.15) is 0 Å². The number of carbonyl (C=O) groups is 1. The van der Waals surface area contributed by atoms with E-state index in [-0.39, 0.29) is 17.2 Å². The lowest BCUT2D eigenvalue weighted by molar-refractivity contribution is 0.0938. The number of hydrogen-bond donors (Lipinski definition) is 1. The van der Waals surface area contributed by atoms with Gasteiger partial charge in [0.1, 0.15) is 5.56 Å². The third kappa shape index (κ3) is 2.57. The molecule has 1 unspecified atom stereocenters. The fraction of sp³-hybridized carbons (Fsp3) is 0.133. The average molecular weight is 299 g/mol. The number of carbonyl (C=O) groups excluding carboxylic acids is 1. The van der Waals surface area contributed by atoms with Crippen LogP contribution in [0.2, 0.25) is 0 Å². The predicted molar refractivity (Wildman–Crippen MR) is 81.7 cm³/mol. The summed E-state index contributed by atoms with van der Waals surface area (Å²) < 4.78 is 1.38. The van der Waals surface area contributed by atoms with Crippen molar-refractivity contribution < 1.29 is 4.79 Å². The van der Waals surface area contributed by atoms with Crippen molar-refractivity contribution in [2.24, 2.45) is 0 Å². The summed E-state index contributed by atoms with van der Waals surface area (Å²) in [5, 5.41) is 4.58. The molecule has 0 saturated heterocycles. The van der Waals surface area contributed by atoms with Crippen LogP contribution in [0.4, 0.5) is 0 Å². The molecule has 1 aromatic carbocycles. The summed E-state index contributed by atoms with van der Waals surface area (Å²) in [5.41, 5.74) is 0.684.